The molecule has 2 rings (SSSR count). The van der Waals surface area contributed by atoms with Gasteiger partial charge >= 0.3 is 0 Å². The number of hydrogen-bond acceptors (Lipinski definition) is 4. The van der Waals surface area contributed by atoms with E-state index < -0.39 is 15.8 Å². The molecule has 0 bridgehead atoms. The lowest BCUT2D eigenvalue weighted by Gasteiger charge is -2.38. The molecule has 1 heterocycles. The molecule has 0 atom stereocenters. The van der Waals surface area contributed by atoms with Gasteiger partial charge in [0.1, 0.15) is 0 Å². The van der Waals surface area contributed by atoms with Gasteiger partial charge in [-0.3, -0.25) is 0 Å². The Morgan fingerprint density at radius 2 is 1.67 bits per heavy atom. The standard InChI is InChI=1S/C12H23NO4S/c1-10(2)18(14,15)13(3)11-4-6-12(7-5-11)16-8-9-17-12/h10-11H,4-9H2,1-3H3. The van der Waals surface area contributed by atoms with Gasteiger partial charge in [0.15, 0.2) is 5.79 Å². The van der Waals surface area contributed by atoms with Gasteiger partial charge in [0, 0.05) is 25.9 Å². The highest BCUT2D eigenvalue weighted by Gasteiger charge is 2.42. The first-order chi connectivity index (χ1) is 8.37. The maximum atomic E-state index is 12.1. The number of ether oxygens (including phenoxy) is 2. The topological polar surface area (TPSA) is 55.8 Å². The van der Waals surface area contributed by atoms with E-state index in [-0.39, 0.29) is 11.3 Å². The zero-order valence-electron chi connectivity index (χ0n) is 11.4. The quantitative estimate of drug-likeness (QED) is 0.781. The van der Waals surface area contributed by atoms with Gasteiger partial charge in [-0.25, -0.2) is 12.7 Å². The first kappa shape index (κ1) is 14.2. The molecule has 0 N–H and O–H groups in total. The molecule has 2 aliphatic rings. The van der Waals surface area contributed by atoms with Crippen LogP contribution in [-0.2, 0) is 19.5 Å². The van der Waals surface area contributed by atoms with Crippen LogP contribution in [-0.4, -0.2) is 50.1 Å². The lowest BCUT2D eigenvalue weighted by atomic mass is 9.90. The van der Waals surface area contributed by atoms with Crippen LogP contribution in [0.5, 0.6) is 0 Å². The van der Waals surface area contributed by atoms with Gasteiger partial charge in [0.25, 0.3) is 0 Å². The fourth-order valence-electron chi connectivity index (χ4n) is 2.73. The molecule has 6 heteroatoms. The van der Waals surface area contributed by atoms with Gasteiger partial charge < -0.3 is 9.47 Å². The molecule has 0 aromatic rings. The van der Waals surface area contributed by atoms with Gasteiger partial charge in [-0.05, 0) is 26.7 Å². The van der Waals surface area contributed by atoms with E-state index in [2.05, 4.69) is 0 Å². The summed E-state index contributed by atoms with van der Waals surface area (Å²) < 4.78 is 37.1. The fraction of sp³-hybridized carbons (Fsp3) is 1.00. The molecule has 0 aromatic heterocycles. The molecule has 106 valence electrons. The van der Waals surface area contributed by atoms with E-state index in [1.807, 2.05) is 0 Å². The van der Waals surface area contributed by atoms with E-state index >= 15 is 0 Å². The van der Waals surface area contributed by atoms with Crippen molar-refractivity contribution in [3.8, 4) is 0 Å². The van der Waals surface area contributed by atoms with Crippen LogP contribution in [0.15, 0.2) is 0 Å². The van der Waals surface area contributed by atoms with Gasteiger partial charge in [0.2, 0.25) is 10.0 Å². The lowest BCUT2D eigenvalue weighted by molar-refractivity contribution is -0.181. The van der Waals surface area contributed by atoms with Crippen molar-refractivity contribution in [1.29, 1.82) is 0 Å². The van der Waals surface area contributed by atoms with Gasteiger partial charge in [-0.2, -0.15) is 0 Å². The zero-order chi connectivity index (χ0) is 13.4. The van der Waals surface area contributed by atoms with Crippen molar-refractivity contribution in [3.63, 3.8) is 0 Å². The minimum absolute atomic E-state index is 0.0795. The number of nitrogens with zero attached hydrogens (tertiary/aromatic N) is 1. The molecule has 1 aliphatic heterocycles. The van der Waals surface area contributed by atoms with Gasteiger partial charge in [0.05, 0.1) is 18.5 Å². The highest BCUT2D eigenvalue weighted by molar-refractivity contribution is 7.89. The number of sulfonamides is 1. The summed E-state index contributed by atoms with van der Waals surface area (Å²) in [6, 6.07) is 0.0795. The Balaban J connectivity index is 1.97. The first-order valence-corrected chi connectivity index (χ1v) is 8.12. The molecular formula is C12H23NO4S. The van der Waals surface area contributed by atoms with Gasteiger partial charge in [-0.15, -0.1) is 0 Å². The average Bonchev–Trinajstić information content (AvgIpc) is 2.77. The monoisotopic (exact) mass is 277 g/mol. The van der Waals surface area contributed by atoms with E-state index in [1.54, 1.807) is 25.2 Å². The number of rotatable bonds is 3. The third-order valence-electron chi connectivity index (χ3n) is 4.04. The highest BCUT2D eigenvalue weighted by Crippen LogP contribution is 2.37. The summed E-state index contributed by atoms with van der Waals surface area (Å²) in [5.41, 5.74) is 0. The summed E-state index contributed by atoms with van der Waals surface area (Å²) in [4.78, 5) is 0. The summed E-state index contributed by atoms with van der Waals surface area (Å²) in [6.45, 7) is 4.76. The van der Waals surface area contributed by atoms with Crippen LogP contribution in [0.2, 0.25) is 0 Å². The van der Waals surface area contributed by atoms with Crippen molar-refractivity contribution in [3.05, 3.63) is 0 Å². The summed E-state index contributed by atoms with van der Waals surface area (Å²) in [6.07, 6.45) is 3.19. The molecule has 1 spiro atoms. The largest absolute Gasteiger partial charge is 0.348 e. The molecule has 2 fully saturated rings. The molecule has 0 radical (unpaired) electrons. The van der Waals surface area contributed by atoms with Crippen molar-refractivity contribution in [2.45, 2.75) is 56.6 Å². The van der Waals surface area contributed by atoms with Crippen LogP contribution in [0.1, 0.15) is 39.5 Å². The van der Waals surface area contributed by atoms with Gasteiger partial charge in [-0.1, -0.05) is 0 Å². The summed E-state index contributed by atoms with van der Waals surface area (Å²) in [5, 5.41) is -0.364. The molecule has 5 nitrogen and oxygen atoms in total. The average molecular weight is 277 g/mol. The summed E-state index contributed by atoms with van der Waals surface area (Å²) >= 11 is 0. The predicted octanol–water partition coefficient (Wildman–Crippen LogP) is 1.34. The van der Waals surface area contributed by atoms with Crippen molar-refractivity contribution in [1.82, 2.24) is 4.31 Å². The van der Waals surface area contributed by atoms with Crippen LogP contribution in [0.25, 0.3) is 0 Å². The first-order valence-electron chi connectivity index (χ1n) is 6.62. The molecule has 1 saturated heterocycles. The fourth-order valence-corrected chi connectivity index (χ4v) is 4.02. The third-order valence-corrected chi connectivity index (χ3v) is 6.33. The maximum Gasteiger partial charge on any atom is 0.216 e. The minimum Gasteiger partial charge on any atom is -0.348 e. The van der Waals surface area contributed by atoms with E-state index in [4.69, 9.17) is 9.47 Å². The van der Waals surface area contributed by atoms with Crippen LogP contribution in [0.3, 0.4) is 0 Å². The lowest BCUT2D eigenvalue weighted by Crippen LogP contribution is -2.46. The van der Waals surface area contributed by atoms with Crippen LogP contribution >= 0.6 is 0 Å². The smallest absolute Gasteiger partial charge is 0.216 e. The second kappa shape index (κ2) is 5.07. The summed E-state index contributed by atoms with van der Waals surface area (Å²) in [7, 11) is -1.47. The minimum atomic E-state index is -3.16. The molecule has 1 aliphatic carbocycles. The predicted molar refractivity (Wildman–Crippen MR) is 68.7 cm³/mol. The van der Waals surface area contributed by atoms with Crippen molar-refractivity contribution in [2.75, 3.05) is 20.3 Å². The van der Waals surface area contributed by atoms with Crippen molar-refractivity contribution >= 4 is 10.0 Å². The normalized spacial score (nSPS) is 25.4. The Labute approximate surface area is 109 Å². The number of hydrogen-bond donors (Lipinski definition) is 0. The Bertz CT molecular complexity index is 377. The Morgan fingerprint density at radius 1 is 1.17 bits per heavy atom. The maximum absolute atomic E-state index is 12.1. The molecular weight excluding hydrogens is 254 g/mol. The SMILES string of the molecule is CC(C)S(=O)(=O)N(C)C1CCC2(CC1)OCCO2. The Morgan fingerprint density at radius 3 is 2.11 bits per heavy atom. The Kier molecular flexibility index (Phi) is 4.02. The third kappa shape index (κ3) is 2.57. The zero-order valence-corrected chi connectivity index (χ0v) is 12.2. The Hall–Kier alpha value is -0.170. The molecule has 0 aromatic carbocycles. The van der Waals surface area contributed by atoms with Crippen LogP contribution in [0.4, 0.5) is 0 Å². The highest BCUT2D eigenvalue weighted by atomic mass is 32.2. The van der Waals surface area contributed by atoms with Crippen molar-refractivity contribution < 1.29 is 17.9 Å². The van der Waals surface area contributed by atoms with Crippen molar-refractivity contribution in [2.24, 2.45) is 0 Å². The molecule has 0 unspecified atom stereocenters. The van der Waals surface area contributed by atoms with E-state index in [9.17, 15) is 8.42 Å². The van der Waals surface area contributed by atoms with E-state index in [1.165, 1.54) is 0 Å². The van der Waals surface area contributed by atoms with Crippen LogP contribution < -0.4 is 0 Å². The van der Waals surface area contributed by atoms with E-state index in [0.717, 1.165) is 25.7 Å². The van der Waals surface area contributed by atoms with Crippen LogP contribution in [0, 0.1) is 0 Å². The van der Waals surface area contributed by atoms with E-state index in [0.29, 0.717) is 13.2 Å². The molecule has 0 amide bonds. The second-order valence-electron chi connectivity index (χ2n) is 5.45. The summed E-state index contributed by atoms with van der Waals surface area (Å²) in [5.74, 6) is -0.418. The second-order valence-corrected chi connectivity index (χ2v) is 8.00. The molecule has 1 saturated carbocycles. The molecule has 18 heavy (non-hydrogen) atoms.